The Bertz CT molecular complexity index is 1110. The lowest BCUT2D eigenvalue weighted by molar-refractivity contribution is -0.124. The van der Waals surface area contributed by atoms with Crippen LogP contribution in [-0.4, -0.2) is 36.0 Å². The Balaban J connectivity index is 0.00000220. The minimum Gasteiger partial charge on any atom is -0.449 e. The van der Waals surface area contributed by atoms with Crippen molar-refractivity contribution in [2.45, 2.75) is 100 Å². The minimum atomic E-state index is -0.685. The largest absolute Gasteiger partial charge is 0.449 e. The molecule has 220 valence electrons. The fraction of sp³-hybridized carbons (Fsp3) is 0.667. The molecule has 4 aliphatic rings. The lowest BCUT2D eigenvalue weighted by Gasteiger charge is -2.27. The number of alkyl carbamates (subject to hydrolysis) is 1. The molecule has 1 aromatic rings. The fourth-order valence-electron chi connectivity index (χ4n) is 6.46. The highest BCUT2D eigenvalue weighted by Crippen LogP contribution is 2.49. The van der Waals surface area contributed by atoms with Gasteiger partial charge in [-0.2, -0.15) is 32.3 Å². The molecule has 5 rings (SSSR count). The minimum absolute atomic E-state index is 0. The van der Waals surface area contributed by atoms with Gasteiger partial charge in [0.1, 0.15) is 6.61 Å². The number of nitriles is 1. The molecule has 1 spiro atoms. The lowest BCUT2D eigenvalue weighted by Crippen LogP contribution is -2.43. The van der Waals surface area contributed by atoms with Crippen LogP contribution >= 0.6 is 38.6 Å². The zero-order chi connectivity index (χ0) is 26.8. The molecule has 1 unspecified atom stereocenters. The first-order chi connectivity index (χ1) is 18.3. The van der Waals surface area contributed by atoms with E-state index in [1.165, 1.54) is 6.42 Å². The van der Waals surface area contributed by atoms with Gasteiger partial charge in [0.2, 0.25) is 5.91 Å². The van der Waals surface area contributed by atoms with Gasteiger partial charge >= 0.3 is 6.09 Å². The molecule has 3 aliphatic carbocycles. The van der Waals surface area contributed by atoms with Crippen LogP contribution in [0, 0.1) is 29.1 Å². The molecule has 2 N–H and O–H groups in total. The number of halogens is 1. The number of carbonyl (C=O) groups excluding carboxylic acids is 3. The van der Waals surface area contributed by atoms with E-state index in [0.29, 0.717) is 23.8 Å². The molecule has 1 saturated heterocycles. The summed E-state index contributed by atoms with van der Waals surface area (Å²) < 4.78 is 5.65. The SMILES string of the molecule is N#C[C@@H](CC(=O)[C@H](CC1CCCCC1)NC(=O)OCC1(c2cccc(Cl)c2)CC1)CC1CC2(CC2)NC1=O.S.S. The van der Waals surface area contributed by atoms with Crippen LogP contribution in [0.25, 0.3) is 0 Å². The van der Waals surface area contributed by atoms with Gasteiger partial charge in [0.25, 0.3) is 0 Å². The second-order valence-electron chi connectivity index (χ2n) is 12.2. The van der Waals surface area contributed by atoms with Crippen LogP contribution in [0.3, 0.4) is 0 Å². The highest BCUT2D eigenvalue weighted by atomic mass is 35.5. The van der Waals surface area contributed by atoms with E-state index >= 15 is 0 Å². The van der Waals surface area contributed by atoms with Crippen molar-refractivity contribution >= 4 is 56.4 Å². The van der Waals surface area contributed by atoms with Crippen LogP contribution in [0.1, 0.15) is 89.0 Å². The topological polar surface area (TPSA) is 108 Å². The zero-order valence-electron chi connectivity index (χ0n) is 23.0. The third kappa shape index (κ3) is 8.10. The molecular formula is C30H42ClN3O4S2. The number of carbonyl (C=O) groups is 3. The monoisotopic (exact) mass is 607 g/mol. The van der Waals surface area contributed by atoms with Crippen LogP contribution in [0.4, 0.5) is 4.79 Å². The number of ketones is 1. The van der Waals surface area contributed by atoms with E-state index in [2.05, 4.69) is 16.7 Å². The number of benzene rings is 1. The third-order valence-electron chi connectivity index (χ3n) is 9.19. The average Bonchev–Trinajstić information content (AvgIpc) is 3.83. The van der Waals surface area contributed by atoms with E-state index in [1.54, 1.807) is 0 Å². The van der Waals surface area contributed by atoms with Gasteiger partial charge in [-0.1, -0.05) is 55.8 Å². The molecular weight excluding hydrogens is 566 g/mol. The van der Waals surface area contributed by atoms with Gasteiger partial charge in [-0.3, -0.25) is 9.59 Å². The summed E-state index contributed by atoms with van der Waals surface area (Å²) in [6.45, 7) is 0.239. The van der Waals surface area contributed by atoms with Crippen molar-refractivity contribution in [3.8, 4) is 6.07 Å². The van der Waals surface area contributed by atoms with Crippen molar-refractivity contribution in [1.29, 1.82) is 5.26 Å². The standard InChI is InChI=1S/C30H38ClN3O4.2H2S/c31-24-8-4-7-23(16-24)29(9-10-29)19-38-28(37)33-25(14-20-5-2-1-3-6-20)26(35)15-21(18-32)13-22-17-30(11-12-30)34-27(22)36;;/h4,7-8,16,20-22,25H,1-3,5-6,9-15,17,19H2,(H,33,37)(H,34,36);2*1H2/t21-,22?,25+;;/m1../s1. The Morgan fingerprint density at radius 2 is 1.85 bits per heavy atom. The molecule has 0 bridgehead atoms. The fourth-order valence-corrected chi connectivity index (χ4v) is 6.65. The summed E-state index contributed by atoms with van der Waals surface area (Å²) in [5, 5.41) is 16.4. The Morgan fingerprint density at radius 1 is 1.12 bits per heavy atom. The maximum atomic E-state index is 13.5. The van der Waals surface area contributed by atoms with Crippen molar-refractivity contribution in [2.75, 3.05) is 6.61 Å². The molecule has 3 atom stereocenters. The van der Waals surface area contributed by atoms with Gasteiger partial charge in [-0.15, -0.1) is 0 Å². The molecule has 40 heavy (non-hydrogen) atoms. The molecule has 4 fully saturated rings. The van der Waals surface area contributed by atoms with Crippen LogP contribution < -0.4 is 10.6 Å². The highest BCUT2D eigenvalue weighted by Gasteiger charge is 2.52. The predicted octanol–water partition coefficient (Wildman–Crippen LogP) is 5.82. The number of hydrogen-bond acceptors (Lipinski definition) is 5. The number of Topliss-reactive ketones (excluding diaryl/α,β-unsaturated/α-hetero) is 1. The predicted molar refractivity (Wildman–Crippen MR) is 164 cm³/mol. The van der Waals surface area contributed by atoms with Crippen molar-refractivity contribution in [1.82, 2.24) is 10.6 Å². The maximum Gasteiger partial charge on any atom is 0.407 e. The number of amides is 2. The van der Waals surface area contributed by atoms with E-state index in [-0.39, 0.29) is 68.6 Å². The van der Waals surface area contributed by atoms with Crippen molar-refractivity contribution < 1.29 is 19.1 Å². The lowest BCUT2D eigenvalue weighted by atomic mass is 9.82. The maximum absolute atomic E-state index is 13.5. The van der Waals surface area contributed by atoms with E-state index in [4.69, 9.17) is 16.3 Å². The second-order valence-corrected chi connectivity index (χ2v) is 12.6. The zero-order valence-corrected chi connectivity index (χ0v) is 25.7. The smallest absolute Gasteiger partial charge is 0.407 e. The first-order valence-corrected chi connectivity index (χ1v) is 14.6. The molecule has 0 aromatic heterocycles. The second kappa shape index (κ2) is 13.8. The van der Waals surface area contributed by atoms with E-state index in [9.17, 15) is 19.6 Å². The summed E-state index contributed by atoms with van der Waals surface area (Å²) in [5.41, 5.74) is 0.802. The van der Waals surface area contributed by atoms with Crippen LogP contribution in [0.15, 0.2) is 24.3 Å². The van der Waals surface area contributed by atoms with Gasteiger partial charge in [0.15, 0.2) is 5.78 Å². The number of nitrogens with one attached hydrogen (secondary N) is 2. The average molecular weight is 608 g/mol. The quantitative estimate of drug-likeness (QED) is 0.329. The Morgan fingerprint density at radius 3 is 2.45 bits per heavy atom. The normalized spacial score (nSPS) is 23.4. The summed E-state index contributed by atoms with van der Waals surface area (Å²) in [6, 6.07) is 9.23. The van der Waals surface area contributed by atoms with Crippen LogP contribution in [0.5, 0.6) is 0 Å². The van der Waals surface area contributed by atoms with Gasteiger partial charge < -0.3 is 15.4 Å². The summed E-state index contributed by atoms with van der Waals surface area (Å²) in [4.78, 5) is 38.8. The Kier molecular flexibility index (Phi) is 11.3. The molecule has 1 heterocycles. The first kappa shape index (κ1) is 32.6. The van der Waals surface area contributed by atoms with Gasteiger partial charge in [0.05, 0.1) is 18.0 Å². The number of ether oxygens (including phenoxy) is 1. The number of rotatable bonds is 11. The summed E-state index contributed by atoms with van der Waals surface area (Å²) in [6.07, 6.45) is 10.6. The first-order valence-electron chi connectivity index (χ1n) is 14.2. The van der Waals surface area contributed by atoms with E-state index in [1.807, 2.05) is 24.3 Å². The molecule has 1 aromatic carbocycles. The molecule has 2 amide bonds. The Hall–Kier alpha value is -1.89. The molecule has 0 radical (unpaired) electrons. The number of hydrogen-bond donors (Lipinski definition) is 2. The molecule has 10 heteroatoms. The molecule has 7 nitrogen and oxygen atoms in total. The van der Waals surface area contributed by atoms with E-state index in [0.717, 1.165) is 63.4 Å². The summed E-state index contributed by atoms with van der Waals surface area (Å²) >= 11 is 6.17. The van der Waals surface area contributed by atoms with Crippen LogP contribution in [0.2, 0.25) is 5.02 Å². The van der Waals surface area contributed by atoms with Gasteiger partial charge in [-0.25, -0.2) is 4.79 Å². The summed E-state index contributed by atoms with van der Waals surface area (Å²) in [5.74, 6) is -0.531. The van der Waals surface area contributed by atoms with Crippen molar-refractivity contribution in [3.05, 3.63) is 34.9 Å². The highest BCUT2D eigenvalue weighted by molar-refractivity contribution is 7.59. The third-order valence-corrected chi connectivity index (χ3v) is 9.43. The van der Waals surface area contributed by atoms with E-state index < -0.39 is 18.1 Å². The summed E-state index contributed by atoms with van der Waals surface area (Å²) in [7, 11) is 0. The van der Waals surface area contributed by atoms with Gasteiger partial charge in [0, 0.05) is 28.3 Å². The van der Waals surface area contributed by atoms with Gasteiger partial charge in [-0.05, 0) is 68.6 Å². The number of nitrogens with zero attached hydrogens (tertiary/aromatic N) is 1. The van der Waals surface area contributed by atoms with Crippen LogP contribution in [-0.2, 0) is 19.7 Å². The van der Waals surface area contributed by atoms with Crippen molar-refractivity contribution in [3.63, 3.8) is 0 Å². The molecule has 3 saturated carbocycles. The molecule has 1 aliphatic heterocycles. The Labute approximate surface area is 256 Å². The van der Waals surface area contributed by atoms with Crippen molar-refractivity contribution in [2.24, 2.45) is 17.8 Å².